The number of carboxylic acids is 1. The van der Waals surface area contributed by atoms with Crippen molar-refractivity contribution in [3.05, 3.63) is 24.3 Å². The van der Waals surface area contributed by atoms with Crippen LogP contribution in [0.25, 0.3) is 0 Å². The number of nitrogens with one attached hydrogen (secondary N) is 1. The molecule has 0 saturated heterocycles. The number of carbonyl (C=O) groups is 2. The third kappa shape index (κ3) is 7.32. The van der Waals surface area contributed by atoms with Crippen LogP contribution in [0, 0.1) is 0 Å². The molecule has 134 valence electrons. The van der Waals surface area contributed by atoms with Gasteiger partial charge in [0.15, 0.2) is 9.84 Å². The number of hydrogen-bond donors (Lipinski definition) is 2. The number of ether oxygens (including phenoxy) is 1. The molecule has 0 aliphatic rings. The predicted octanol–water partition coefficient (Wildman–Crippen LogP) is 0.975. The molecule has 9 heteroatoms. The van der Waals surface area contributed by atoms with Gasteiger partial charge in [0.25, 0.3) is 0 Å². The molecule has 0 heterocycles. The minimum absolute atomic E-state index is 0.0850. The summed E-state index contributed by atoms with van der Waals surface area (Å²) in [6.45, 7) is 0.896. The topological polar surface area (TPSA) is 113 Å². The first-order valence-corrected chi connectivity index (χ1v) is 9.23. The van der Waals surface area contributed by atoms with Gasteiger partial charge in [0.05, 0.1) is 17.9 Å². The smallest absolute Gasteiger partial charge is 0.317 e. The molecule has 0 atom stereocenters. The van der Waals surface area contributed by atoms with Crippen molar-refractivity contribution < 1.29 is 27.9 Å². The molecule has 0 bridgehead atoms. The van der Waals surface area contributed by atoms with Crippen LogP contribution in [0.4, 0.5) is 4.79 Å². The number of carbonyl (C=O) groups excluding carboxylic acids is 1. The highest BCUT2D eigenvalue weighted by atomic mass is 32.2. The minimum Gasteiger partial charge on any atom is -0.494 e. The number of hydrogen-bond acceptors (Lipinski definition) is 5. The van der Waals surface area contributed by atoms with Crippen molar-refractivity contribution in [1.29, 1.82) is 0 Å². The minimum atomic E-state index is -3.22. The molecule has 0 aromatic heterocycles. The second kappa shape index (κ2) is 9.11. The quantitative estimate of drug-likeness (QED) is 0.636. The summed E-state index contributed by atoms with van der Waals surface area (Å²) in [6.07, 6.45) is 1.60. The van der Waals surface area contributed by atoms with Gasteiger partial charge < -0.3 is 20.1 Å². The molecule has 1 rings (SSSR count). The third-order valence-corrected chi connectivity index (χ3v) is 4.25. The lowest BCUT2D eigenvalue weighted by atomic mass is 10.3. The second-order valence-electron chi connectivity index (χ2n) is 5.24. The maximum Gasteiger partial charge on any atom is 0.317 e. The summed E-state index contributed by atoms with van der Waals surface area (Å²) < 4.78 is 28.2. The summed E-state index contributed by atoms with van der Waals surface area (Å²) in [6, 6.07) is 5.78. The number of aliphatic carboxylic acids is 1. The lowest BCUT2D eigenvalue weighted by Crippen LogP contribution is -2.39. The molecular weight excluding hydrogens is 336 g/mol. The van der Waals surface area contributed by atoms with E-state index in [1.165, 1.54) is 17.0 Å². The molecule has 8 nitrogen and oxygen atoms in total. The summed E-state index contributed by atoms with van der Waals surface area (Å²) in [5.41, 5.74) is 0. The largest absolute Gasteiger partial charge is 0.494 e. The summed E-state index contributed by atoms with van der Waals surface area (Å²) in [5, 5.41) is 11.0. The highest BCUT2D eigenvalue weighted by molar-refractivity contribution is 7.90. The number of urea groups is 1. The van der Waals surface area contributed by atoms with E-state index < -0.39 is 15.8 Å². The van der Waals surface area contributed by atoms with E-state index in [2.05, 4.69) is 5.32 Å². The van der Waals surface area contributed by atoms with Gasteiger partial charge in [-0.05, 0) is 30.7 Å². The molecule has 24 heavy (non-hydrogen) atoms. The maximum atomic E-state index is 11.6. The first-order chi connectivity index (χ1) is 11.2. The van der Waals surface area contributed by atoms with Crippen molar-refractivity contribution >= 4 is 21.8 Å². The summed E-state index contributed by atoms with van der Waals surface area (Å²) >= 11 is 0. The molecule has 1 aromatic carbocycles. The van der Waals surface area contributed by atoms with Gasteiger partial charge >= 0.3 is 12.0 Å². The van der Waals surface area contributed by atoms with Crippen LogP contribution in [0.1, 0.15) is 12.8 Å². The second-order valence-corrected chi connectivity index (χ2v) is 7.26. The van der Waals surface area contributed by atoms with Gasteiger partial charge in [0.2, 0.25) is 0 Å². The molecule has 0 spiro atoms. The van der Waals surface area contributed by atoms with E-state index in [4.69, 9.17) is 9.84 Å². The molecule has 1 aromatic rings. The molecule has 0 radical (unpaired) electrons. The summed E-state index contributed by atoms with van der Waals surface area (Å²) in [7, 11) is -1.61. The number of amides is 2. The lowest BCUT2D eigenvalue weighted by molar-refractivity contribution is -0.136. The van der Waals surface area contributed by atoms with Gasteiger partial charge in [-0.25, -0.2) is 13.2 Å². The van der Waals surface area contributed by atoms with Crippen molar-refractivity contribution in [2.24, 2.45) is 0 Å². The van der Waals surface area contributed by atoms with Gasteiger partial charge in [-0.1, -0.05) is 0 Å². The Morgan fingerprint density at radius 2 is 1.88 bits per heavy atom. The standard InChI is InChI=1S/C15H22N2O6S/c1-17(15(20)16-9-8-14(18)19)10-3-11-23-12-4-6-13(7-5-12)24(2,21)22/h4-7H,3,8-11H2,1-2H3,(H,16,20)(H,18,19). The van der Waals surface area contributed by atoms with E-state index >= 15 is 0 Å². The van der Waals surface area contributed by atoms with Crippen molar-refractivity contribution in [2.75, 3.05) is 33.0 Å². The predicted molar refractivity (Wildman–Crippen MR) is 87.9 cm³/mol. The monoisotopic (exact) mass is 358 g/mol. The van der Waals surface area contributed by atoms with E-state index in [0.717, 1.165) is 6.26 Å². The number of carboxylic acid groups (broad SMARTS) is 1. The first kappa shape index (κ1) is 19.8. The normalized spacial score (nSPS) is 10.9. The van der Waals surface area contributed by atoms with Crippen LogP contribution >= 0.6 is 0 Å². The molecule has 0 aliphatic carbocycles. The molecule has 2 N–H and O–H groups in total. The van der Waals surface area contributed by atoms with E-state index in [1.54, 1.807) is 19.2 Å². The fourth-order valence-electron chi connectivity index (χ4n) is 1.79. The molecule has 0 fully saturated rings. The Bertz CT molecular complexity index is 657. The van der Waals surface area contributed by atoms with E-state index in [1.807, 2.05) is 0 Å². The van der Waals surface area contributed by atoms with Crippen LogP contribution in [-0.4, -0.2) is 63.4 Å². The zero-order valence-electron chi connectivity index (χ0n) is 13.7. The van der Waals surface area contributed by atoms with Gasteiger partial charge in [0.1, 0.15) is 5.75 Å². The van der Waals surface area contributed by atoms with E-state index in [0.29, 0.717) is 25.3 Å². The van der Waals surface area contributed by atoms with Crippen LogP contribution in [0.3, 0.4) is 0 Å². The Morgan fingerprint density at radius 1 is 1.25 bits per heavy atom. The van der Waals surface area contributed by atoms with Crippen LogP contribution in [0.15, 0.2) is 29.2 Å². The maximum absolute atomic E-state index is 11.6. The van der Waals surface area contributed by atoms with Gasteiger partial charge in [-0.15, -0.1) is 0 Å². The number of nitrogens with zero attached hydrogens (tertiary/aromatic N) is 1. The lowest BCUT2D eigenvalue weighted by Gasteiger charge is -2.17. The number of rotatable bonds is 9. The Hall–Kier alpha value is -2.29. The summed E-state index contributed by atoms with van der Waals surface area (Å²) in [4.78, 5) is 23.7. The van der Waals surface area contributed by atoms with Gasteiger partial charge in [-0.2, -0.15) is 0 Å². The van der Waals surface area contributed by atoms with Gasteiger partial charge in [0, 0.05) is 26.4 Å². The highest BCUT2D eigenvalue weighted by Gasteiger charge is 2.09. The van der Waals surface area contributed by atoms with Crippen molar-refractivity contribution in [2.45, 2.75) is 17.7 Å². The van der Waals surface area contributed by atoms with Crippen LogP contribution in [0.2, 0.25) is 0 Å². The number of sulfone groups is 1. The Balaban J connectivity index is 2.27. The van der Waals surface area contributed by atoms with Crippen molar-refractivity contribution in [3.63, 3.8) is 0 Å². The zero-order valence-corrected chi connectivity index (χ0v) is 14.5. The van der Waals surface area contributed by atoms with Crippen LogP contribution in [0.5, 0.6) is 5.75 Å². The summed E-state index contributed by atoms with van der Waals surface area (Å²) in [5.74, 6) is -0.413. The highest BCUT2D eigenvalue weighted by Crippen LogP contribution is 2.15. The van der Waals surface area contributed by atoms with E-state index in [-0.39, 0.29) is 23.9 Å². The third-order valence-electron chi connectivity index (χ3n) is 3.12. The average Bonchev–Trinajstić information content (AvgIpc) is 2.50. The fraction of sp³-hybridized carbons (Fsp3) is 0.467. The molecule has 0 aliphatic heterocycles. The van der Waals surface area contributed by atoms with Gasteiger partial charge in [-0.3, -0.25) is 4.79 Å². The molecule has 2 amide bonds. The zero-order chi connectivity index (χ0) is 18.2. The molecule has 0 unspecified atom stereocenters. The Kier molecular flexibility index (Phi) is 7.50. The van der Waals surface area contributed by atoms with E-state index in [9.17, 15) is 18.0 Å². The van der Waals surface area contributed by atoms with Crippen LogP contribution in [-0.2, 0) is 14.6 Å². The molecular formula is C15H22N2O6S. The van der Waals surface area contributed by atoms with Crippen LogP contribution < -0.4 is 10.1 Å². The fourth-order valence-corrected chi connectivity index (χ4v) is 2.42. The Morgan fingerprint density at radius 3 is 2.42 bits per heavy atom. The average molecular weight is 358 g/mol. The first-order valence-electron chi connectivity index (χ1n) is 7.34. The SMILES string of the molecule is CN(CCCOc1ccc(S(C)(=O)=O)cc1)C(=O)NCCC(=O)O. The van der Waals surface area contributed by atoms with Crippen molar-refractivity contribution in [1.82, 2.24) is 10.2 Å². The molecule has 0 saturated carbocycles. The van der Waals surface area contributed by atoms with Crippen molar-refractivity contribution in [3.8, 4) is 5.75 Å². The Labute approximate surface area is 141 Å². The number of benzene rings is 1.